The molecular formula is C25H33N5O2. The van der Waals surface area contributed by atoms with Crippen molar-refractivity contribution in [1.29, 1.82) is 0 Å². The second kappa shape index (κ2) is 10.6. The van der Waals surface area contributed by atoms with Crippen LogP contribution in [0.25, 0.3) is 0 Å². The predicted molar refractivity (Wildman–Crippen MR) is 124 cm³/mol. The number of hydrogen-bond acceptors (Lipinski definition) is 5. The number of anilines is 1. The third-order valence-corrected chi connectivity index (χ3v) is 6.73. The molecule has 4 rings (SSSR count). The van der Waals surface area contributed by atoms with E-state index in [1.807, 2.05) is 35.2 Å². The van der Waals surface area contributed by atoms with Crippen LogP contribution in [0.5, 0.6) is 0 Å². The van der Waals surface area contributed by atoms with Gasteiger partial charge in [0.1, 0.15) is 5.82 Å². The number of amides is 2. The van der Waals surface area contributed by atoms with Gasteiger partial charge in [-0.05, 0) is 37.7 Å². The molecule has 32 heavy (non-hydrogen) atoms. The first-order valence-corrected chi connectivity index (χ1v) is 11.8. The van der Waals surface area contributed by atoms with E-state index in [4.69, 9.17) is 0 Å². The molecule has 0 saturated carbocycles. The molecule has 1 aromatic heterocycles. The first kappa shape index (κ1) is 22.2. The molecule has 2 aromatic rings. The van der Waals surface area contributed by atoms with E-state index in [0.717, 1.165) is 50.0 Å². The number of likely N-dealkylation sites (tertiary alicyclic amines) is 1. The van der Waals surface area contributed by atoms with Gasteiger partial charge in [-0.15, -0.1) is 0 Å². The maximum absolute atomic E-state index is 13.1. The van der Waals surface area contributed by atoms with Crippen LogP contribution in [0.1, 0.15) is 50.5 Å². The summed E-state index contributed by atoms with van der Waals surface area (Å²) in [5.41, 5.74) is 1.08. The van der Waals surface area contributed by atoms with E-state index in [-0.39, 0.29) is 29.7 Å². The number of aromatic nitrogens is 2. The largest absolute Gasteiger partial charge is 0.355 e. The van der Waals surface area contributed by atoms with Gasteiger partial charge in [0.05, 0.1) is 18.0 Å². The fraction of sp³-hybridized carbons (Fsp3) is 0.520. The lowest BCUT2D eigenvalue weighted by Gasteiger charge is -2.36. The van der Waals surface area contributed by atoms with E-state index in [1.165, 1.54) is 0 Å². The molecule has 2 atom stereocenters. The zero-order valence-electron chi connectivity index (χ0n) is 18.8. The number of benzene rings is 1. The van der Waals surface area contributed by atoms with E-state index in [0.29, 0.717) is 19.6 Å². The van der Waals surface area contributed by atoms with Gasteiger partial charge >= 0.3 is 0 Å². The van der Waals surface area contributed by atoms with Crippen molar-refractivity contribution >= 4 is 17.6 Å². The van der Waals surface area contributed by atoms with Gasteiger partial charge in [-0.3, -0.25) is 14.6 Å². The van der Waals surface area contributed by atoms with E-state index in [9.17, 15) is 9.59 Å². The van der Waals surface area contributed by atoms with Crippen molar-refractivity contribution in [1.82, 2.24) is 20.2 Å². The van der Waals surface area contributed by atoms with Crippen LogP contribution in [0.15, 0.2) is 48.9 Å². The molecule has 2 aliphatic heterocycles. The maximum Gasteiger partial charge on any atom is 0.230 e. The molecule has 7 nitrogen and oxygen atoms in total. The van der Waals surface area contributed by atoms with Crippen LogP contribution < -0.4 is 10.2 Å². The standard InChI is InChI=1S/C25H33N5O2/c1-2-22(19-7-4-3-5-8-19)25(32)29-15-10-21(11-16-29)28-24(31)20-9-6-14-30(18-20)23-17-26-12-13-27-23/h3-5,7-8,12-13,17,20-22H,2,6,9-11,14-16,18H2,1H3,(H,28,31). The molecule has 170 valence electrons. The highest BCUT2D eigenvalue weighted by atomic mass is 16.2. The highest BCUT2D eigenvalue weighted by molar-refractivity contribution is 5.84. The molecule has 0 aliphatic carbocycles. The van der Waals surface area contributed by atoms with Crippen molar-refractivity contribution in [3.05, 3.63) is 54.5 Å². The lowest BCUT2D eigenvalue weighted by molar-refractivity contribution is -0.134. The molecule has 2 amide bonds. The van der Waals surface area contributed by atoms with Crippen molar-refractivity contribution in [3.63, 3.8) is 0 Å². The van der Waals surface area contributed by atoms with Crippen molar-refractivity contribution in [2.75, 3.05) is 31.1 Å². The summed E-state index contributed by atoms with van der Waals surface area (Å²) in [5, 5.41) is 3.26. The van der Waals surface area contributed by atoms with Gasteiger partial charge in [-0.2, -0.15) is 0 Å². The van der Waals surface area contributed by atoms with Crippen molar-refractivity contribution in [2.24, 2.45) is 5.92 Å². The second-order valence-corrected chi connectivity index (χ2v) is 8.83. The Balaban J connectivity index is 1.27. The molecule has 2 saturated heterocycles. The maximum atomic E-state index is 13.1. The smallest absolute Gasteiger partial charge is 0.230 e. The van der Waals surface area contributed by atoms with Crippen molar-refractivity contribution < 1.29 is 9.59 Å². The Kier molecular flexibility index (Phi) is 7.35. The Bertz CT molecular complexity index is 884. The molecule has 2 fully saturated rings. The molecule has 0 spiro atoms. The van der Waals surface area contributed by atoms with E-state index < -0.39 is 0 Å². The van der Waals surface area contributed by atoms with Crippen molar-refractivity contribution in [3.8, 4) is 0 Å². The number of piperidine rings is 2. The van der Waals surface area contributed by atoms with Gasteiger partial charge in [0.25, 0.3) is 0 Å². The minimum atomic E-state index is -0.0864. The van der Waals surface area contributed by atoms with Gasteiger partial charge in [0, 0.05) is 44.6 Å². The molecule has 0 bridgehead atoms. The Morgan fingerprint density at radius 1 is 1.09 bits per heavy atom. The molecule has 0 radical (unpaired) electrons. The first-order valence-electron chi connectivity index (χ1n) is 11.8. The first-order chi connectivity index (χ1) is 15.7. The second-order valence-electron chi connectivity index (χ2n) is 8.83. The van der Waals surface area contributed by atoms with Gasteiger partial charge in [0.2, 0.25) is 11.8 Å². The highest BCUT2D eigenvalue weighted by Gasteiger charge is 2.31. The summed E-state index contributed by atoms with van der Waals surface area (Å²) in [6, 6.07) is 10.2. The number of nitrogens with zero attached hydrogens (tertiary/aromatic N) is 4. The Morgan fingerprint density at radius 2 is 1.88 bits per heavy atom. The lowest BCUT2D eigenvalue weighted by atomic mass is 9.93. The highest BCUT2D eigenvalue weighted by Crippen LogP contribution is 2.25. The summed E-state index contributed by atoms with van der Waals surface area (Å²) in [6.07, 6.45) is 9.39. The lowest BCUT2D eigenvalue weighted by Crippen LogP contribution is -2.50. The van der Waals surface area contributed by atoms with Crippen LogP contribution in [0.4, 0.5) is 5.82 Å². The monoisotopic (exact) mass is 435 g/mol. The van der Waals surface area contributed by atoms with Crippen molar-refractivity contribution in [2.45, 2.75) is 51.0 Å². The summed E-state index contributed by atoms with van der Waals surface area (Å²) in [5.74, 6) is 1.04. The van der Waals surface area contributed by atoms with Crippen LogP contribution in [-0.2, 0) is 9.59 Å². The SMILES string of the molecule is CCC(C(=O)N1CCC(NC(=O)C2CCCN(c3cnccn3)C2)CC1)c1ccccc1. The van der Waals surface area contributed by atoms with Gasteiger partial charge in [-0.1, -0.05) is 37.3 Å². The summed E-state index contributed by atoms with van der Waals surface area (Å²) < 4.78 is 0. The normalized spacial score (nSPS) is 20.6. The van der Waals surface area contributed by atoms with Crippen LogP contribution in [0.3, 0.4) is 0 Å². The van der Waals surface area contributed by atoms with Gasteiger partial charge < -0.3 is 15.1 Å². The summed E-state index contributed by atoms with van der Waals surface area (Å²) in [4.78, 5) is 38.7. The average molecular weight is 436 g/mol. The molecule has 2 unspecified atom stereocenters. The number of hydrogen-bond donors (Lipinski definition) is 1. The third-order valence-electron chi connectivity index (χ3n) is 6.73. The average Bonchev–Trinajstić information content (AvgIpc) is 2.86. The topological polar surface area (TPSA) is 78.4 Å². The number of carbonyl (C=O) groups is 2. The zero-order valence-corrected chi connectivity index (χ0v) is 18.8. The minimum absolute atomic E-state index is 0.0343. The Hall–Kier alpha value is -2.96. The predicted octanol–water partition coefficient (Wildman–Crippen LogP) is 2.99. The van der Waals surface area contributed by atoms with E-state index >= 15 is 0 Å². The number of carbonyl (C=O) groups excluding carboxylic acids is 2. The number of rotatable bonds is 6. The fourth-order valence-electron chi connectivity index (χ4n) is 4.88. The van der Waals surface area contributed by atoms with E-state index in [2.05, 4.69) is 27.1 Å². The van der Waals surface area contributed by atoms with E-state index in [1.54, 1.807) is 18.6 Å². The summed E-state index contributed by atoms with van der Waals surface area (Å²) in [7, 11) is 0. The van der Waals surface area contributed by atoms with Crippen LogP contribution in [0.2, 0.25) is 0 Å². The Morgan fingerprint density at radius 3 is 2.56 bits per heavy atom. The molecule has 1 N–H and O–H groups in total. The summed E-state index contributed by atoms with van der Waals surface area (Å²) >= 11 is 0. The molecule has 3 heterocycles. The zero-order chi connectivity index (χ0) is 22.3. The van der Waals surface area contributed by atoms with Gasteiger partial charge in [-0.25, -0.2) is 4.98 Å². The summed E-state index contributed by atoms with van der Waals surface area (Å²) in [6.45, 7) is 5.05. The molecular weight excluding hydrogens is 402 g/mol. The third kappa shape index (κ3) is 5.26. The molecule has 2 aliphatic rings. The number of nitrogens with one attached hydrogen (secondary N) is 1. The van der Waals surface area contributed by atoms with Gasteiger partial charge in [0.15, 0.2) is 0 Å². The quantitative estimate of drug-likeness (QED) is 0.755. The fourth-order valence-corrected chi connectivity index (χ4v) is 4.88. The van der Waals surface area contributed by atoms with Crippen LogP contribution in [-0.4, -0.2) is 58.9 Å². The van der Waals surface area contributed by atoms with Crippen LogP contribution in [0, 0.1) is 5.92 Å². The van der Waals surface area contributed by atoms with Crippen LogP contribution >= 0.6 is 0 Å². The molecule has 7 heteroatoms. The molecule has 1 aromatic carbocycles. The minimum Gasteiger partial charge on any atom is -0.355 e. The Labute approximate surface area is 190 Å².